The van der Waals surface area contributed by atoms with Crippen LogP contribution >= 0.6 is 11.3 Å². The first-order valence-corrected chi connectivity index (χ1v) is 7.42. The Morgan fingerprint density at radius 1 is 1.47 bits per heavy atom. The Morgan fingerprint density at radius 3 is 3.11 bits per heavy atom. The van der Waals surface area contributed by atoms with E-state index in [0.717, 1.165) is 23.6 Å². The van der Waals surface area contributed by atoms with Crippen LogP contribution in [0.1, 0.15) is 33.5 Å². The van der Waals surface area contributed by atoms with Crippen molar-refractivity contribution in [3.05, 3.63) is 45.4 Å². The Balaban J connectivity index is 1.77. The number of thiazole rings is 1. The van der Waals surface area contributed by atoms with Crippen LogP contribution < -0.4 is 10.1 Å². The lowest BCUT2D eigenvalue weighted by Crippen LogP contribution is -2.12. The number of ether oxygens (including phenoxy) is 1. The van der Waals surface area contributed by atoms with E-state index in [1.165, 1.54) is 16.0 Å². The fourth-order valence-electron chi connectivity index (χ4n) is 2.68. The van der Waals surface area contributed by atoms with Crippen molar-refractivity contribution in [2.24, 2.45) is 0 Å². The lowest BCUT2D eigenvalue weighted by molar-refractivity contribution is 0.306. The lowest BCUT2D eigenvalue weighted by Gasteiger charge is -2.12. The van der Waals surface area contributed by atoms with Gasteiger partial charge in [-0.3, -0.25) is 0 Å². The van der Waals surface area contributed by atoms with Gasteiger partial charge in [-0.1, -0.05) is 12.1 Å². The molecule has 0 saturated carbocycles. The first-order chi connectivity index (χ1) is 9.28. The summed E-state index contributed by atoms with van der Waals surface area (Å²) in [6.45, 7) is 2.64. The molecule has 4 heteroatoms. The maximum absolute atomic E-state index is 5.98. The minimum atomic E-state index is 0.476. The molecule has 100 valence electrons. The Hall–Kier alpha value is -1.39. The lowest BCUT2D eigenvalue weighted by atomic mass is 10.1. The SMILES string of the molecule is CNC1CCc2c(OCc3cnc(C)s3)cccc21. The highest BCUT2D eigenvalue weighted by Gasteiger charge is 2.23. The number of hydrogen-bond acceptors (Lipinski definition) is 4. The molecule has 0 aliphatic heterocycles. The molecule has 1 heterocycles. The number of aromatic nitrogens is 1. The molecule has 0 saturated heterocycles. The third-order valence-corrected chi connectivity index (χ3v) is 4.50. The van der Waals surface area contributed by atoms with Crippen LogP contribution in [0.3, 0.4) is 0 Å². The van der Waals surface area contributed by atoms with E-state index in [9.17, 15) is 0 Å². The number of fused-ring (bicyclic) bond motifs is 1. The van der Waals surface area contributed by atoms with Crippen LogP contribution in [0, 0.1) is 6.92 Å². The normalized spacial score (nSPS) is 17.5. The van der Waals surface area contributed by atoms with Crippen LogP contribution in [0.2, 0.25) is 0 Å². The molecule has 1 aromatic heterocycles. The number of rotatable bonds is 4. The second kappa shape index (κ2) is 5.31. The number of nitrogens with zero attached hydrogens (tertiary/aromatic N) is 1. The third kappa shape index (κ3) is 2.51. The number of nitrogens with one attached hydrogen (secondary N) is 1. The highest BCUT2D eigenvalue weighted by atomic mass is 32.1. The van der Waals surface area contributed by atoms with Gasteiger partial charge in [0.1, 0.15) is 12.4 Å². The van der Waals surface area contributed by atoms with E-state index >= 15 is 0 Å². The Bertz CT molecular complexity index is 579. The summed E-state index contributed by atoms with van der Waals surface area (Å²) < 4.78 is 5.98. The summed E-state index contributed by atoms with van der Waals surface area (Å²) in [5.41, 5.74) is 2.75. The van der Waals surface area contributed by atoms with Crippen LogP contribution in [0.25, 0.3) is 0 Å². The maximum atomic E-state index is 5.98. The first-order valence-electron chi connectivity index (χ1n) is 6.61. The molecule has 2 aromatic rings. The van der Waals surface area contributed by atoms with Crippen molar-refractivity contribution in [1.29, 1.82) is 0 Å². The third-order valence-electron chi connectivity index (χ3n) is 3.62. The van der Waals surface area contributed by atoms with Gasteiger partial charge in [0.05, 0.1) is 9.88 Å². The Labute approximate surface area is 117 Å². The molecule has 1 aliphatic rings. The van der Waals surface area contributed by atoms with Gasteiger partial charge in [-0.15, -0.1) is 11.3 Å². The molecule has 0 radical (unpaired) electrons. The molecule has 0 amide bonds. The monoisotopic (exact) mass is 274 g/mol. The molecular weight excluding hydrogens is 256 g/mol. The molecular formula is C15H18N2OS. The summed E-state index contributed by atoms with van der Waals surface area (Å²) in [5, 5.41) is 4.45. The summed E-state index contributed by atoms with van der Waals surface area (Å²) in [6.07, 6.45) is 4.16. The fraction of sp³-hybridized carbons (Fsp3) is 0.400. The summed E-state index contributed by atoms with van der Waals surface area (Å²) >= 11 is 1.70. The summed E-state index contributed by atoms with van der Waals surface area (Å²) in [7, 11) is 2.02. The largest absolute Gasteiger partial charge is 0.488 e. The molecule has 1 unspecified atom stereocenters. The van der Waals surface area contributed by atoms with Crippen molar-refractivity contribution in [3.63, 3.8) is 0 Å². The topological polar surface area (TPSA) is 34.1 Å². The molecule has 1 N–H and O–H groups in total. The molecule has 3 nitrogen and oxygen atoms in total. The van der Waals surface area contributed by atoms with Crippen molar-refractivity contribution >= 4 is 11.3 Å². The van der Waals surface area contributed by atoms with E-state index in [2.05, 4.69) is 28.5 Å². The van der Waals surface area contributed by atoms with E-state index in [-0.39, 0.29) is 0 Å². The van der Waals surface area contributed by atoms with E-state index in [0.29, 0.717) is 12.6 Å². The summed E-state index contributed by atoms with van der Waals surface area (Å²) in [5.74, 6) is 1.03. The Kier molecular flexibility index (Phi) is 3.53. The van der Waals surface area contributed by atoms with Crippen molar-refractivity contribution in [3.8, 4) is 5.75 Å². The molecule has 3 rings (SSSR count). The van der Waals surface area contributed by atoms with Gasteiger partial charge in [0, 0.05) is 12.2 Å². The smallest absolute Gasteiger partial charge is 0.124 e. The van der Waals surface area contributed by atoms with Crippen LogP contribution in [0.4, 0.5) is 0 Å². The van der Waals surface area contributed by atoms with E-state index < -0.39 is 0 Å². The zero-order chi connectivity index (χ0) is 13.2. The molecule has 0 fully saturated rings. The van der Waals surface area contributed by atoms with Gasteiger partial charge in [-0.25, -0.2) is 4.98 Å². The molecule has 19 heavy (non-hydrogen) atoms. The molecule has 1 aromatic carbocycles. The summed E-state index contributed by atoms with van der Waals surface area (Å²) in [4.78, 5) is 5.43. The molecule has 1 atom stereocenters. The molecule has 0 spiro atoms. The van der Waals surface area contributed by atoms with Crippen molar-refractivity contribution in [2.45, 2.75) is 32.4 Å². The van der Waals surface area contributed by atoms with Crippen LogP contribution in [-0.4, -0.2) is 12.0 Å². The average Bonchev–Trinajstić information content (AvgIpc) is 3.02. The van der Waals surface area contributed by atoms with Crippen molar-refractivity contribution in [2.75, 3.05) is 7.05 Å². The predicted molar refractivity (Wildman–Crippen MR) is 77.7 cm³/mol. The number of aryl methyl sites for hydroxylation is 1. The minimum Gasteiger partial charge on any atom is -0.488 e. The van der Waals surface area contributed by atoms with Gasteiger partial charge in [-0.05, 0) is 44.0 Å². The fourth-order valence-corrected chi connectivity index (χ4v) is 3.38. The standard InChI is InChI=1S/C15H18N2OS/c1-10-17-8-11(19-10)9-18-15-5-3-4-12-13(15)6-7-14(12)16-2/h3-5,8,14,16H,6-7,9H2,1-2H3. The van der Waals surface area contributed by atoms with Crippen LogP contribution in [0.15, 0.2) is 24.4 Å². The second-order valence-corrected chi connectivity index (χ2v) is 6.16. The van der Waals surface area contributed by atoms with Crippen LogP contribution in [-0.2, 0) is 13.0 Å². The Morgan fingerprint density at radius 2 is 2.37 bits per heavy atom. The maximum Gasteiger partial charge on any atom is 0.124 e. The molecule has 0 bridgehead atoms. The van der Waals surface area contributed by atoms with Crippen LogP contribution in [0.5, 0.6) is 5.75 Å². The zero-order valence-electron chi connectivity index (χ0n) is 11.3. The van der Waals surface area contributed by atoms with E-state index in [1.807, 2.05) is 20.2 Å². The second-order valence-electron chi connectivity index (χ2n) is 4.84. The quantitative estimate of drug-likeness (QED) is 0.929. The van der Waals surface area contributed by atoms with Gasteiger partial charge < -0.3 is 10.1 Å². The van der Waals surface area contributed by atoms with Gasteiger partial charge in [0.2, 0.25) is 0 Å². The van der Waals surface area contributed by atoms with Crippen molar-refractivity contribution in [1.82, 2.24) is 10.3 Å². The van der Waals surface area contributed by atoms with Gasteiger partial charge in [-0.2, -0.15) is 0 Å². The summed E-state index contributed by atoms with van der Waals surface area (Å²) in [6, 6.07) is 6.84. The van der Waals surface area contributed by atoms with Gasteiger partial charge in [0.25, 0.3) is 0 Å². The highest BCUT2D eigenvalue weighted by Crippen LogP contribution is 2.37. The van der Waals surface area contributed by atoms with Gasteiger partial charge in [0.15, 0.2) is 0 Å². The highest BCUT2D eigenvalue weighted by molar-refractivity contribution is 7.11. The minimum absolute atomic E-state index is 0.476. The molecule has 1 aliphatic carbocycles. The van der Waals surface area contributed by atoms with E-state index in [1.54, 1.807) is 11.3 Å². The number of benzene rings is 1. The zero-order valence-corrected chi connectivity index (χ0v) is 12.1. The first kappa shape index (κ1) is 12.6. The predicted octanol–water partition coefficient (Wildman–Crippen LogP) is 3.24. The van der Waals surface area contributed by atoms with E-state index in [4.69, 9.17) is 4.74 Å². The van der Waals surface area contributed by atoms with Gasteiger partial charge >= 0.3 is 0 Å². The number of hydrogen-bond donors (Lipinski definition) is 1. The van der Waals surface area contributed by atoms with Crippen molar-refractivity contribution < 1.29 is 4.74 Å². The average molecular weight is 274 g/mol.